The second-order valence-electron chi connectivity index (χ2n) is 3.40. The molecule has 0 amide bonds. The SMILES string of the molecule is O=C(Cc1ccc(CBr)cc1)OCC(F)(F)F. The van der Waals surface area contributed by atoms with E-state index in [1.807, 2.05) is 0 Å². The van der Waals surface area contributed by atoms with Crippen LogP contribution in [0.1, 0.15) is 11.1 Å². The largest absolute Gasteiger partial charge is 0.456 e. The van der Waals surface area contributed by atoms with Crippen LogP contribution in [0.5, 0.6) is 0 Å². The van der Waals surface area contributed by atoms with E-state index in [1.54, 1.807) is 24.3 Å². The molecule has 17 heavy (non-hydrogen) atoms. The van der Waals surface area contributed by atoms with Gasteiger partial charge in [-0.3, -0.25) is 4.79 Å². The fraction of sp³-hybridized carbons (Fsp3) is 0.364. The Kier molecular flexibility index (Phi) is 4.99. The zero-order valence-corrected chi connectivity index (χ0v) is 10.3. The van der Waals surface area contributed by atoms with Gasteiger partial charge >= 0.3 is 12.1 Å². The van der Waals surface area contributed by atoms with Gasteiger partial charge in [-0.2, -0.15) is 13.2 Å². The maximum absolute atomic E-state index is 11.8. The summed E-state index contributed by atoms with van der Waals surface area (Å²) in [6, 6.07) is 6.96. The van der Waals surface area contributed by atoms with Crippen molar-refractivity contribution in [2.45, 2.75) is 17.9 Å². The molecule has 0 saturated carbocycles. The van der Waals surface area contributed by atoms with E-state index in [0.29, 0.717) is 10.9 Å². The van der Waals surface area contributed by atoms with Gasteiger partial charge in [0.15, 0.2) is 6.61 Å². The Balaban J connectivity index is 2.45. The predicted octanol–water partition coefficient (Wildman–Crippen LogP) is 3.23. The summed E-state index contributed by atoms with van der Waals surface area (Å²) < 4.78 is 39.4. The Morgan fingerprint density at radius 3 is 2.18 bits per heavy atom. The predicted molar refractivity (Wildman–Crippen MR) is 59.8 cm³/mol. The lowest BCUT2D eigenvalue weighted by Gasteiger charge is -2.07. The third kappa shape index (κ3) is 5.72. The van der Waals surface area contributed by atoms with Crippen molar-refractivity contribution in [3.05, 3.63) is 35.4 Å². The zero-order valence-electron chi connectivity index (χ0n) is 8.76. The normalized spacial score (nSPS) is 11.3. The van der Waals surface area contributed by atoms with Crippen LogP contribution in [0.15, 0.2) is 24.3 Å². The van der Waals surface area contributed by atoms with E-state index < -0.39 is 18.8 Å². The lowest BCUT2D eigenvalue weighted by Crippen LogP contribution is -2.21. The molecule has 2 nitrogen and oxygen atoms in total. The molecule has 0 radical (unpaired) electrons. The number of alkyl halides is 4. The molecule has 0 saturated heterocycles. The van der Waals surface area contributed by atoms with Crippen molar-refractivity contribution in [2.24, 2.45) is 0 Å². The molecule has 1 aromatic rings. The molecule has 1 rings (SSSR count). The molecule has 6 heteroatoms. The number of carbonyl (C=O) groups excluding carboxylic acids is 1. The first-order chi connectivity index (χ1) is 7.90. The van der Waals surface area contributed by atoms with Crippen LogP contribution in [0.3, 0.4) is 0 Å². The summed E-state index contributed by atoms with van der Waals surface area (Å²) in [5.41, 5.74) is 1.65. The van der Waals surface area contributed by atoms with Crippen molar-refractivity contribution in [2.75, 3.05) is 6.61 Å². The summed E-state index contributed by atoms with van der Waals surface area (Å²) in [6.07, 6.45) is -4.63. The van der Waals surface area contributed by atoms with Crippen molar-refractivity contribution in [3.63, 3.8) is 0 Å². The third-order valence-corrected chi connectivity index (χ3v) is 2.57. The van der Waals surface area contributed by atoms with E-state index in [9.17, 15) is 18.0 Å². The minimum Gasteiger partial charge on any atom is -0.456 e. The van der Waals surface area contributed by atoms with Crippen LogP contribution >= 0.6 is 15.9 Å². The van der Waals surface area contributed by atoms with E-state index in [2.05, 4.69) is 20.7 Å². The maximum atomic E-state index is 11.8. The third-order valence-electron chi connectivity index (χ3n) is 1.92. The molecular weight excluding hydrogens is 301 g/mol. The Bertz CT molecular complexity index is 373. The molecule has 1 aromatic carbocycles. The highest BCUT2D eigenvalue weighted by molar-refractivity contribution is 9.08. The monoisotopic (exact) mass is 310 g/mol. The van der Waals surface area contributed by atoms with Gasteiger partial charge in [-0.25, -0.2) is 0 Å². The average Bonchev–Trinajstić information content (AvgIpc) is 2.27. The first kappa shape index (κ1) is 14.0. The molecule has 0 heterocycles. The number of hydrogen-bond donors (Lipinski definition) is 0. The van der Waals surface area contributed by atoms with Crippen molar-refractivity contribution in [1.82, 2.24) is 0 Å². The molecule has 0 spiro atoms. The van der Waals surface area contributed by atoms with Gasteiger partial charge in [0.2, 0.25) is 0 Å². The van der Waals surface area contributed by atoms with Crippen LogP contribution in [0.25, 0.3) is 0 Å². The van der Waals surface area contributed by atoms with Gasteiger partial charge in [0, 0.05) is 5.33 Å². The van der Waals surface area contributed by atoms with Crippen molar-refractivity contribution in [1.29, 1.82) is 0 Å². The molecule has 0 aliphatic rings. The Labute approximate surface area is 105 Å². The Morgan fingerprint density at radius 2 is 1.71 bits per heavy atom. The van der Waals surface area contributed by atoms with Crippen LogP contribution in [-0.4, -0.2) is 18.8 Å². The molecule has 0 bridgehead atoms. The van der Waals surface area contributed by atoms with E-state index in [4.69, 9.17) is 0 Å². The smallest absolute Gasteiger partial charge is 0.422 e. The maximum Gasteiger partial charge on any atom is 0.422 e. The molecular formula is C11H10BrF3O2. The molecule has 0 aliphatic carbocycles. The summed E-state index contributed by atoms with van der Waals surface area (Å²) in [5, 5.41) is 0.686. The summed E-state index contributed by atoms with van der Waals surface area (Å²) in [7, 11) is 0. The van der Waals surface area contributed by atoms with Crippen LogP contribution in [0.4, 0.5) is 13.2 Å². The topological polar surface area (TPSA) is 26.3 Å². The van der Waals surface area contributed by atoms with E-state index >= 15 is 0 Å². The molecule has 0 N–H and O–H groups in total. The van der Waals surface area contributed by atoms with E-state index in [1.165, 1.54) is 0 Å². The standard InChI is InChI=1S/C11H10BrF3O2/c12-6-9-3-1-8(2-4-9)5-10(16)17-7-11(13,14)15/h1-4H,5-7H2. The molecule has 0 unspecified atom stereocenters. The Hall–Kier alpha value is -1.04. The first-order valence-corrected chi connectivity index (χ1v) is 5.89. The number of benzene rings is 1. The Morgan fingerprint density at radius 1 is 1.18 bits per heavy atom. The molecule has 0 atom stereocenters. The minimum atomic E-state index is -4.48. The van der Waals surface area contributed by atoms with Crippen LogP contribution in [-0.2, 0) is 21.3 Å². The summed E-state index contributed by atoms with van der Waals surface area (Å²) in [5.74, 6) is -0.881. The van der Waals surface area contributed by atoms with Gasteiger partial charge in [-0.1, -0.05) is 40.2 Å². The van der Waals surface area contributed by atoms with Crippen LogP contribution in [0, 0.1) is 0 Å². The molecule has 94 valence electrons. The van der Waals surface area contributed by atoms with Gasteiger partial charge < -0.3 is 4.74 Å². The average molecular weight is 311 g/mol. The van der Waals surface area contributed by atoms with Gasteiger partial charge in [0.05, 0.1) is 6.42 Å². The van der Waals surface area contributed by atoms with Crippen LogP contribution in [0.2, 0.25) is 0 Å². The highest BCUT2D eigenvalue weighted by atomic mass is 79.9. The fourth-order valence-electron chi connectivity index (χ4n) is 1.13. The highest BCUT2D eigenvalue weighted by Gasteiger charge is 2.29. The molecule has 0 aliphatic heterocycles. The first-order valence-electron chi connectivity index (χ1n) is 4.77. The van der Waals surface area contributed by atoms with E-state index in [-0.39, 0.29) is 6.42 Å². The van der Waals surface area contributed by atoms with Gasteiger partial charge in [-0.15, -0.1) is 0 Å². The van der Waals surface area contributed by atoms with Gasteiger partial charge in [0.25, 0.3) is 0 Å². The highest BCUT2D eigenvalue weighted by Crippen LogP contribution is 2.15. The second-order valence-corrected chi connectivity index (χ2v) is 3.96. The second kappa shape index (κ2) is 6.05. The number of carbonyl (C=O) groups is 1. The quantitative estimate of drug-likeness (QED) is 0.630. The number of hydrogen-bond acceptors (Lipinski definition) is 2. The van der Waals surface area contributed by atoms with Crippen molar-refractivity contribution in [3.8, 4) is 0 Å². The summed E-state index contributed by atoms with van der Waals surface area (Å²) in [6.45, 7) is -1.54. The number of halogens is 4. The fourth-order valence-corrected chi connectivity index (χ4v) is 1.50. The van der Waals surface area contributed by atoms with E-state index in [0.717, 1.165) is 5.56 Å². The minimum absolute atomic E-state index is 0.154. The number of ether oxygens (including phenoxy) is 1. The summed E-state index contributed by atoms with van der Waals surface area (Å²) in [4.78, 5) is 11.1. The van der Waals surface area contributed by atoms with Gasteiger partial charge in [-0.05, 0) is 11.1 Å². The van der Waals surface area contributed by atoms with Crippen molar-refractivity contribution >= 4 is 21.9 Å². The van der Waals surface area contributed by atoms with Gasteiger partial charge in [0.1, 0.15) is 0 Å². The zero-order chi connectivity index (χ0) is 12.9. The number of rotatable bonds is 4. The molecule has 0 aromatic heterocycles. The lowest BCUT2D eigenvalue weighted by atomic mass is 10.1. The molecule has 0 fully saturated rings. The lowest BCUT2D eigenvalue weighted by molar-refractivity contribution is -0.185. The van der Waals surface area contributed by atoms with Crippen molar-refractivity contribution < 1.29 is 22.7 Å². The van der Waals surface area contributed by atoms with Crippen LogP contribution < -0.4 is 0 Å². The number of esters is 1. The summed E-state index contributed by atoms with van der Waals surface area (Å²) >= 11 is 3.26.